The highest BCUT2D eigenvalue weighted by atomic mass is 79.9. The van der Waals surface area contributed by atoms with E-state index in [-0.39, 0.29) is 0 Å². The lowest BCUT2D eigenvalue weighted by atomic mass is 10.2. The Kier molecular flexibility index (Phi) is 6.97. The van der Waals surface area contributed by atoms with Crippen LogP contribution in [0.3, 0.4) is 0 Å². The number of hydrogen-bond acceptors (Lipinski definition) is 5. The molecule has 0 unspecified atom stereocenters. The van der Waals surface area contributed by atoms with Crippen LogP contribution in [0, 0.1) is 0 Å². The average Bonchev–Trinajstić information content (AvgIpc) is 2.38. The molecule has 1 rings (SSSR count). The number of hydrogen-bond donors (Lipinski definition) is 0. The van der Waals surface area contributed by atoms with Crippen LogP contribution in [0.4, 0.5) is 0 Å². The van der Waals surface area contributed by atoms with Crippen LogP contribution in [0.15, 0.2) is 34.2 Å². The first-order valence-electron chi connectivity index (χ1n) is 5.52. The van der Waals surface area contributed by atoms with Gasteiger partial charge in [-0.2, -0.15) is 0 Å². The molecule has 0 spiro atoms. The maximum absolute atomic E-state index is 11.6. The third-order valence-electron chi connectivity index (χ3n) is 2.17. The van der Waals surface area contributed by atoms with Gasteiger partial charge >= 0.3 is 5.97 Å². The number of ether oxygens (including phenoxy) is 1. The predicted molar refractivity (Wildman–Crippen MR) is 81.6 cm³/mol. The van der Waals surface area contributed by atoms with Crippen LogP contribution in [-0.2, 0) is 4.74 Å². The SMILES string of the molecule is COC(=O)c1ccccc1ON(C)C/C(Br)=C\SC. The molecular formula is C13H16BrNO3S. The number of benzene rings is 1. The van der Waals surface area contributed by atoms with Crippen molar-refractivity contribution in [1.29, 1.82) is 0 Å². The fraction of sp³-hybridized carbons (Fsp3) is 0.308. The molecule has 6 heteroatoms. The second-order valence-corrected chi connectivity index (χ2v) is 5.39. The Morgan fingerprint density at radius 2 is 2.16 bits per heavy atom. The van der Waals surface area contributed by atoms with Crippen LogP contribution in [0.5, 0.6) is 5.75 Å². The van der Waals surface area contributed by atoms with E-state index in [1.165, 1.54) is 7.11 Å². The Morgan fingerprint density at radius 1 is 1.47 bits per heavy atom. The number of thioether (sulfide) groups is 1. The predicted octanol–water partition coefficient (Wildman–Crippen LogP) is 3.30. The second-order valence-electron chi connectivity index (χ2n) is 3.67. The molecule has 0 saturated carbocycles. The van der Waals surface area contributed by atoms with E-state index in [1.54, 1.807) is 42.1 Å². The summed E-state index contributed by atoms with van der Waals surface area (Å²) in [6.45, 7) is 0.580. The van der Waals surface area contributed by atoms with Gasteiger partial charge in [0, 0.05) is 11.5 Å². The van der Waals surface area contributed by atoms with E-state index in [1.807, 2.05) is 17.7 Å². The molecule has 0 amide bonds. The van der Waals surface area contributed by atoms with Crippen molar-refractivity contribution in [3.63, 3.8) is 0 Å². The summed E-state index contributed by atoms with van der Waals surface area (Å²) in [5, 5.41) is 3.62. The van der Waals surface area contributed by atoms with E-state index in [0.29, 0.717) is 17.9 Å². The lowest BCUT2D eigenvalue weighted by Gasteiger charge is -2.18. The average molecular weight is 346 g/mol. The Bertz CT molecular complexity index is 465. The standard InChI is InChI=1S/C13H16BrNO3S/c1-15(8-10(14)9-19-3)18-12-7-5-4-6-11(12)13(16)17-2/h4-7,9H,8H2,1-3H3/b10-9+. The number of nitrogens with zero attached hydrogens (tertiary/aromatic N) is 1. The largest absolute Gasteiger partial charge is 0.465 e. The second kappa shape index (κ2) is 8.24. The molecular weight excluding hydrogens is 330 g/mol. The van der Waals surface area contributed by atoms with Gasteiger partial charge < -0.3 is 9.57 Å². The minimum absolute atomic E-state index is 0.404. The van der Waals surface area contributed by atoms with E-state index in [4.69, 9.17) is 9.57 Å². The van der Waals surface area contributed by atoms with E-state index in [2.05, 4.69) is 15.9 Å². The van der Waals surface area contributed by atoms with Crippen molar-refractivity contribution >= 4 is 33.7 Å². The quantitative estimate of drug-likeness (QED) is 0.584. The number of carbonyl (C=O) groups excluding carboxylic acids is 1. The van der Waals surface area contributed by atoms with Gasteiger partial charge in [-0.3, -0.25) is 0 Å². The molecule has 0 aliphatic heterocycles. The zero-order valence-electron chi connectivity index (χ0n) is 11.1. The van der Waals surface area contributed by atoms with Crippen LogP contribution in [0.1, 0.15) is 10.4 Å². The van der Waals surface area contributed by atoms with Gasteiger partial charge in [0.2, 0.25) is 0 Å². The van der Waals surface area contributed by atoms with Gasteiger partial charge in [-0.25, -0.2) is 4.79 Å². The first kappa shape index (κ1) is 16.1. The first-order valence-corrected chi connectivity index (χ1v) is 7.60. The summed E-state index contributed by atoms with van der Waals surface area (Å²) in [4.78, 5) is 17.2. The molecule has 0 N–H and O–H groups in total. The minimum atomic E-state index is -0.414. The number of para-hydroxylation sites is 1. The molecule has 1 aromatic carbocycles. The Morgan fingerprint density at radius 3 is 2.79 bits per heavy atom. The molecule has 4 nitrogen and oxygen atoms in total. The van der Waals surface area contributed by atoms with Crippen molar-refractivity contribution in [1.82, 2.24) is 5.06 Å². The zero-order chi connectivity index (χ0) is 14.3. The number of esters is 1. The Labute approximate surface area is 125 Å². The van der Waals surface area contributed by atoms with Crippen molar-refractivity contribution in [3.05, 3.63) is 39.7 Å². The van der Waals surface area contributed by atoms with Crippen molar-refractivity contribution in [2.75, 3.05) is 27.0 Å². The highest BCUT2D eigenvalue weighted by Crippen LogP contribution is 2.20. The molecule has 0 atom stereocenters. The van der Waals surface area contributed by atoms with Crippen molar-refractivity contribution in [3.8, 4) is 5.75 Å². The van der Waals surface area contributed by atoms with Crippen molar-refractivity contribution in [2.24, 2.45) is 0 Å². The normalized spacial score (nSPS) is 11.5. The fourth-order valence-corrected chi connectivity index (χ4v) is 2.65. The summed E-state index contributed by atoms with van der Waals surface area (Å²) in [6.07, 6.45) is 1.98. The molecule has 0 aromatic heterocycles. The van der Waals surface area contributed by atoms with Crippen LogP contribution >= 0.6 is 27.7 Å². The monoisotopic (exact) mass is 345 g/mol. The molecule has 19 heavy (non-hydrogen) atoms. The maximum atomic E-state index is 11.6. The molecule has 0 heterocycles. The van der Waals surface area contributed by atoms with Gasteiger partial charge in [0.15, 0.2) is 5.75 Å². The van der Waals surface area contributed by atoms with E-state index >= 15 is 0 Å². The maximum Gasteiger partial charge on any atom is 0.341 e. The number of halogens is 1. The van der Waals surface area contributed by atoms with Gasteiger partial charge in [-0.1, -0.05) is 28.1 Å². The van der Waals surface area contributed by atoms with Gasteiger partial charge in [-0.15, -0.1) is 16.8 Å². The van der Waals surface area contributed by atoms with Crippen LogP contribution < -0.4 is 4.84 Å². The summed E-state index contributed by atoms with van der Waals surface area (Å²) in [7, 11) is 3.14. The fourth-order valence-electron chi connectivity index (χ4n) is 1.40. The van der Waals surface area contributed by atoms with Crippen molar-refractivity contribution < 1.29 is 14.4 Å². The number of carbonyl (C=O) groups is 1. The zero-order valence-corrected chi connectivity index (χ0v) is 13.5. The molecule has 0 saturated heterocycles. The summed E-state index contributed by atoms with van der Waals surface area (Å²) < 4.78 is 5.71. The smallest absolute Gasteiger partial charge is 0.341 e. The Hall–Kier alpha value is -0.980. The summed E-state index contributed by atoms with van der Waals surface area (Å²) in [5.74, 6) is 0.0593. The topological polar surface area (TPSA) is 38.8 Å². The highest BCUT2D eigenvalue weighted by Gasteiger charge is 2.14. The number of methoxy groups -OCH3 is 1. The van der Waals surface area contributed by atoms with Gasteiger partial charge in [0.05, 0.1) is 13.7 Å². The Balaban J connectivity index is 2.76. The van der Waals surface area contributed by atoms with Crippen LogP contribution in [0.2, 0.25) is 0 Å². The number of likely N-dealkylation sites (N-methyl/N-ethyl adjacent to an activating group) is 1. The molecule has 0 fully saturated rings. The number of rotatable bonds is 6. The molecule has 0 bridgehead atoms. The van der Waals surface area contributed by atoms with E-state index in [9.17, 15) is 4.79 Å². The van der Waals surface area contributed by atoms with E-state index in [0.717, 1.165) is 4.48 Å². The van der Waals surface area contributed by atoms with E-state index < -0.39 is 5.97 Å². The highest BCUT2D eigenvalue weighted by molar-refractivity contribution is 9.11. The van der Waals surface area contributed by atoms with Crippen LogP contribution in [-0.4, -0.2) is 38.0 Å². The van der Waals surface area contributed by atoms with Gasteiger partial charge in [0.1, 0.15) is 5.56 Å². The summed E-state index contributed by atoms with van der Waals surface area (Å²) in [6, 6.07) is 6.97. The van der Waals surface area contributed by atoms with Crippen LogP contribution in [0.25, 0.3) is 0 Å². The lowest BCUT2D eigenvalue weighted by molar-refractivity contribution is -0.0216. The number of hydroxylamine groups is 2. The third kappa shape index (κ3) is 5.26. The lowest BCUT2D eigenvalue weighted by Crippen LogP contribution is -2.25. The van der Waals surface area contributed by atoms with Gasteiger partial charge in [0.25, 0.3) is 0 Å². The molecule has 0 aliphatic carbocycles. The van der Waals surface area contributed by atoms with Crippen molar-refractivity contribution in [2.45, 2.75) is 0 Å². The molecule has 0 aliphatic rings. The first-order chi connectivity index (χ1) is 9.08. The minimum Gasteiger partial charge on any atom is -0.465 e. The molecule has 0 radical (unpaired) electrons. The summed E-state index contributed by atoms with van der Waals surface area (Å²) in [5.41, 5.74) is 0.404. The third-order valence-corrected chi connectivity index (χ3v) is 3.47. The summed E-state index contributed by atoms with van der Waals surface area (Å²) >= 11 is 5.04. The van der Waals surface area contributed by atoms with Gasteiger partial charge in [-0.05, 0) is 23.8 Å². The molecule has 1 aromatic rings. The molecule has 104 valence electrons.